The minimum atomic E-state index is -4.58. The second kappa shape index (κ2) is 6.45. The molecule has 0 spiro atoms. The molecule has 2 aromatic rings. The normalized spacial score (nSPS) is 18.4. The average molecular weight is 373 g/mol. The molecular formula is C16H18F3N3O2S. The van der Waals surface area contributed by atoms with Gasteiger partial charge in [0.25, 0.3) is 5.91 Å². The Kier molecular flexibility index (Phi) is 4.63. The molecule has 0 saturated carbocycles. The predicted octanol–water partition coefficient (Wildman–Crippen LogP) is 3.51. The molecule has 136 valence electrons. The van der Waals surface area contributed by atoms with Crippen LogP contribution in [0.15, 0.2) is 16.7 Å². The van der Waals surface area contributed by atoms with E-state index in [-0.39, 0.29) is 17.2 Å². The van der Waals surface area contributed by atoms with Crippen LogP contribution in [0.2, 0.25) is 0 Å². The highest BCUT2D eigenvalue weighted by Crippen LogP contribution is 2.38. The second-order valence-electron chi connectivity index (χ2n) is 6.30. The Morgan fingerprint density at radius 3 is 2.68 bits per heavy atom. The number of aromatic nitrogens is 1. The lowest BCUT2D eigenvalue weighted by molar-refractivity contribution is -0.156. The largest absolute Gasteiger partial charge is 0.452 e. The van der Waals surface area contributed by atoms with Gasteiger partial charge in [-0.15, -0.1) is 11.3 Å². The number of hydrogen-bond donors (Lipinski definition) is 0. The summed E-state index contributed by atoms with van der Waals surface area (Å²) in [5.41, 5.74) is 0.0613. The van der Waals surface area contributed by atoms with E-state index in [2.05, 4.69) is 14.6 Å². The number of carbonyl (C=O) groups excluding carboxylic acids is 1. The number of carbonyl (C=O) groups is 1. The average Bonchev–Trinajstić information content (AvgIpc) is 3.24. The zero-order valence-corrected chi connectivity index (χ0v) is 14.9. The molecule has 1 aliphatic rings. The highest BCUT2D eigenvalue weighted by Gasteiger charge is 2.39. The van der Waals surface area contributed by atoms with E-state index in [9.17, 15) is 18.0 Å². The van der Waals surface area contributed by atoms with Crippen LogP contribution in [-0.2, 0) is 6.18 Å². The fourth-order valence-corrected chi connectivity index (χ4v) is 3.93. The third-order valence-corrected chi connectivity index (χ3v) is 5.49. The second-order valence-corrected chi connectivity index (χ2v) is 7.39. The van der Waals surface area contributed by atoms with Crippen LogP contribution < -0.4 is 0 Å². The summed E-state index contributed by atoms with van der Waals surface area (Å²) in [7, 11) is 3.96. The van der Waals surface area contributed by atoms with E-state index in [1.807, 2.05) is 14.1 Å². The lowest BCUT2D eigenvalue weighted by Crippen LogP contribution is -2.34. The molecule has 25 heavy (non-hydrogen) atoms. The van der Waals surface area contributed by atoms with Crippen molar-refractivity contribution in [1.82, 2.24) is 15.0 Å². The summed E-state index contributed by atoms with van der Waals surface area (Å²) in [5, 5.41) is 3.54. The van der Waals surface area contributed by atoms with Gasteiger partial charge in [-0.05, 0) is 39.6 Å². The van der Waals surface area contributed by atoms with Crippen LogP contribution in [-0.4, -0.2) is 54.1 Å². The molecule has 5 nitrogen and oxygen atoms in total. The highest BCUT2D eigenvalue weighted by atomic mass is 32.1. The summed E-state index contributed by atoms with van der Waals surface area (Å²) in [6, 6.07) is 3.57. The summed E-state index contributed by atoms with van der Waals surface area (Å²) in [5.74, 6) is -1.20. The van der Waals surface area contributed by atoms with Crippen molar-refractivity contribution in [3.63, 3.8) is 0 Å². The summed E-state index contributed by atoms with van der Waals surface area (Å²) in [4.78, 5) is 17.4. The van der Waals surface area contributed by atoms with Crippen molar-refractivity contribution < 1.29 is 22.5 Å². The molecule has 0 aromatic carbocycles. The van der Waals surface area contributed by atoms with Gasteiger partial charge in [0.2, 0.25) is 5.76 Å². The minimum Gasteiger partial charge on any atom is -0.351 e. The lowest BCUT2D eigenvalue weighted by atomic mass is 10.2. The Hall–Kier alpha value is -1.87. The third kappa shape index (κ3) is 3.43. The molecule has 2 aromatic heterocycles. The van der Waals surface area contributed by atoms with Crippen molar-refractivity contribution in [1.29, 1.82) is 0 Å². The fraction of sp³-hybridized carbons (Fsp3) is 0.500. The molecule has 0 aliphatic carbocycles. The maximum Gasteiger partial charge on any atom is 0.452 e. The Morgan fingerprint density at radius 2 is 2.12 bits per heavy atom. The van der Waals surface area contributed by atoms with Crippen LogP contribution in [0, 0.1) is 6.92 Å². The van der Waals surface area contributed by atoms with Crippen molar-refractivity contribution in [3.8, 4) is 10.6 Å². The molecule has 9 heteroatoms. The number of amides is 1. The van der Waals surface area contributed by atoms with E-state index >= 15 is 0 Å². The Labute approximate surface area is 147 Å². The molecule has 1 fully saturated rings. The van der Waals surface area contributed by atoms with E-state index in [1.165, 1.54) is 6.92 Å². The number of rotatable bonds is 3. The van der Waals surface area contributed by atoms with E-state index in [0.29, 0.717) is 28.9 Å². The first-order valence-corrected chi connectivity index (χ1v) is 8.59. The van der Waals surface area contributed by atoms with Crippen molar-refractivity contribution in [2.75, 3.05) is 27.2 Å². The highest BCUT2D eigenvalue weighted by molar-refractivity contribution is 7.17. The molecular weight excluding hydrogens is 355 g/mol. The zero-order valence-electron chi connectivity index (χ0n) is 14.1. The summed E-state index contributed by atoms with van der Waals surface area (Å²) >= 11 is 1.13. The van der Waals surface area contributed by atoms with Gasteiger partial charge in [-0.3, -0.25) is 4.79 Å². The van der Waals surface area contributed by atoms with Crippen molar-refractivity contribution in [3.05, 3.63) is 28.3 Å². The number of nitrogens with zero attached hydrogens (tertiary/aromatic N) is 3. The van der Waals surface area contributed by atoms with Crippen molar-refractivity contribution in [2.24, 2.45) is 0 Å². The first-order chi connectivity index (χ1) is 11.7. The van der Waals surface area contributed by atoms with Gasteiger partial charge < -0.3 is 14.3 Å². The van der Waals surface area contributed by atoms with Gasteiger partial charge in [0.15, 0.2) is 0 Å². The van der Waals surface area contributed by atoms with Gasteiger partial charge in [-0.25, -0.2) is 0 Å². The predicted molar refractivity (Wildman–Crippen MR) is 87.6 cm³/mol. The van der Waals surface area contributed by atoms with Gasteiger partial charge in [0.05, 0.1) is 9.75 Å². The van der Waals surface area contributed by atoms with Crippen LogP contribution in [0.1, 0.15) is 27.4 Å². The topological polar surface area (TPSA) is 49.6 Å². The standard InChI is InChI=1S/C16H18F3N3O2S/c1-9-13(20-24-14(9)16(17,18)19)11-4-5-12(25-11)15(23)22-7-6-10(8-22)21(2)3/h4-5,10H,6-8H2,1-3H3/t10-/m0/s1. The van der Waals surface area contributed by atoms with Crippen LogP contribution in [0.5, 0.6) is 0 Å². The van der Waals surface area contributed by atoms with Crippen LogP contribution in [0.25, 0.3) is 10.6 Å². The molecule has 1 aliphatic heterocycles. The Bertz CT molecular complexity index is 782. The summed E-state index contributed by atoms with van der Waals surface area (Å²) in [6.45, 7) is 2.65. The summed E-state index contributed by atoms with van der Waals surface area (Å²) < 4.78 is 42.9. The number of thiophene rings is 1. The monoisotopic (exact) mass is 373 g/mol. The minimum absolute atomic E-state index is 0.0674. The van der Waals surface area contributed by atoms with Gasteiger partial charge in [0, 0.05) is 24.7 Å². The fourth-order valence-electron chi connectivity index (χ4n) is 2.91. The maximum absolute atomic E-state index is 12.8. The first-order valence-electron chi connectivity index (χ1n) is 7.78. The van der Waals surface area contributed by atoms with Gasteiger partial charge >= 0.3 is 6.18 Å². The third-order valence-electron chi connectivity index (χ3n) is 4.41. The quantitative estimate of drug-likeness (QED) is 0.826. The van der Waals surface area contributed by atoms with Crippen LogP contribution in [0.4, 0.5) is 13.2 Å². The van der Waals surface area contributed by atoms with Crippen LogP contribution in [0.3, 0.4) is 0 Å². The van der Waals surface area contributed by atoms with E-state index in [4.69, 9.17) is 0 Å². The number of halogens is 3. The Balaban J connectivity index is 1.79. The maximum atomic E-state index is 12.8. The number of likely N-dealkylation sites (N-methyl/N-ethyl adjacent to an activating group) is 1. The number of alkyl halides is 3. The molecule has 0 radical (unpaired) electrons. The molecule has 0 bridgehead atoms. The van der Waals surface area contributed by atoms with Crippen LogP contribution >= 0.6 is 11.3 Å². The molecule has 3 heterocycles. The van der Waals surface area contributed by atoms with E-state index in [1.54, 1.807) is 17.0 Å². The number of likely N-dealkylation sites (tertiary alicyclic amines) is 1. The molecule has 1 saturated heterocycles. The van der Waals surface area contributed by atoms with Gasteiger partial charge in [-0.2, -0.15) is 13.2 Å². The molecule has 0 N–H and O–H groups in total. The van der Waals surface area contributed by atoms with Crippen molar-refractivity contribution in [2.45, 2.75) is 25.6 Å². The van der Waals surface area contributed by atoms with Gasteiger partial charge in [0.1, 0.15) is 5.69 Å². The number of hydrogen-bond acceptors (Lipinski definition) is 5. The SMILES string of the molecule is Cc1c(-c2ccc(C(=O)N3CC[C@H](N(C)C)C3)s2)noc1C(F)(F)F. The van der Waals surface area contributed by atoms with E-state index in [0.717, 1.165) is 17.8 Å². The molecule has 0 unspecified atom stereocenters. The van der Waals surface area contributed by atoms with Gasteiger partial charge in [-0.1, -0.05) is 5.16 Å². The zero-order chi connectivity index (χ0) is 18.4. The molecule has 3 rings (SSSR count). The smallest absolute Gasteiger partial charge is 0.351 e. The molecule has 1 atom stereocenters. The first kappa shape index (κ1) is 17.9. The Morgan fingerprint density at radius 1 is 1.40 bits per heavy atom. The lowest BCUT2D eigenvalue weighted by Gasteiger charge is -2.19. The van der Waals surface area contributed by atoms with Crippen molar-refractivity contribution >= 4 is 17.2 Å². The van der Waals surface area contributed by atoms with E-state index < -0.39 is 11.9 Å². The summed E-state index contributed by atoms with van der Waals surface area (Å²) in [6.07, 6.45) is -3.67. The molecule has 1 amide bonds.